The summed E-state index contributed by atoms with van der Waals surface area (Å²) in [7, 11) is 1.66. The van der Waals surface area contributed by atoms with Crippen molar-refractivity contribution in [3.8, 4) is 0 Å². The molecular weight excluding hydrogens is 210 g/mol. The van der Waals surface area contributed by atoms with E-state index >= 15 is 0 Å². The van der Waals surface area contributed by atoms with Gasteiger partial charge in [-0.2, -0.15) is 0 Å². The molecule has 0 aromatic rings. The summed E-state index contributed by atoms with van der Waals surface area (Å²) in [5.41, 5.74) is 5.26. The second-order valence-corrected chi connectivity index (χ2v) is 4.18. The summed E-state index contributed by atoms with van der Waals surface area (Å²) in [4.78, 5) is 11.4. The average molecular weight is 231 g/mol. The number of rotatable bonds is 5. The van der Waals surface area contributed by atoms with Crippen molar-refractivity contribution in [1.82, 2.24) is 0 Å². The van der Waals surface area contributed by atoms with E-state index in [4.69, 9.17) is 15.2 Å². The third-order valence-corrected chi connectivity index (χ3v) is 2.91. The number of esters is 1. The van der Waals surface area contributed by atoms with E-state index in [-0.39, 0.29) is 25.2 Å². The number of nitrogens with two attached hydrogens (primary N) is 1. The summed E-state index contributed by atoms with van der Waals surface area (Å²) in [5.74, 6) is -0.563. The van der Waals surface area contributed by atoms with E-state index in [0.717, 1.165) is 25.7 Å². The van der Waals surface area contributed by atoms with Gasteiger partial charge < -0.3 is 20.3 Å². The maximum Gasteiger partial charge on any atom is 0.335 e. The van der Waals surface area contributed by atoms with E-state index in [2.05, 4.69) is 0 Å². The van der Waals surface area contributed by atoms with Crippen LogP contribution in [0.2, 0.25) is 0 Å². The number of carbonyl (C=O) groups is 1. The Morgan fingerprint density at radius 2 is 2.19 bits per heavy atom. The molecule has 0 aliphatic heterocycles. The number of ether oxygens (including phenoxy) is 2. The summed E-state index contributed by atoms with van der Waals surface area (Å²) in [6.45, 7) is 0.279. The van der Waals surface area contributed by atoms with E-state index in [0.29, 0.717) is 0 Å². The van der Waals surface area contributed by atoms with Crippen LogP contribution in [0.5, 0.6) is 0 Å². The molecule has 0 saturated heterocycles. The Balaban J connectivity index is 2.32. The normalized spacial score (nSPS) is 27.4. The molecule has 1 saturated carbocycles. The van der Waals surface area contributed by atoms with Gasteiger partial charge in [-0.25, -0.2) is 4.79 Å². The minimum Gasteiger partial charge on any atom is -0.460 e. The molecule has 0 bridgehead atoms. The minimum atomic E-state index is -1.09. The third-order valence-electron chi connectivity index (χ3n) is 2.91. The van der Waals surface area contributed by atoms with Crippen LogP contribution >= 0.6 is 0 Å². The fourth-order valence-electron chi connectivity index (χ4n) is 1.94. The van der Waals surface area contributed by atoms with Gasteiger partial charge in [0.2, 0.25) is 0 Å². The zero-order valence-corrected chi connectivity index (χ0v) is 9.72. The van der Waals surface area contributed by atoms with Crippen molar-refractivity contribution in [2.24, 2.45) is 5.73 Å². The predicted molar refractivity (Wildman–Crippen MR) is 58.8 cm³/mol. The molecule has 94 valence electrons. The monoisotopic (exact) mass is 231 g/mol. The molecular formula is C11H21NO4. The number of carbonyl (C=O) groups excluding carboxylic acids is 1. The molecule has 1 fully saturated rings. The van der Waals surface area contributed by atoms with Crippen molar-refractivity contribution in [3.05, 3.63) is 0 Å². The lowest BCUT2D eigenvalue weighted by Crippen LogP contribution is -2.34. The van der Waals surface area contributed by atoms with E-state index < -0.39 is 12.1 Å². The average Bonchev–Trinajstić information content (AvgIpc) is 2.29. The van der Waals surface area contributed by atoms with Crippen LogP contribution in [0.3, 0.4) is 0 Å². The van der Waals surface area contributed by atoms with E-state index in [1.165, 1.54) is 0 Å². The van der Waals surface area contributed by atoms with Gasteiger partial charge in [0.25, 0.3) is 0 Å². The topological polar surface area (TPSA) is 81.8 Å². The maximum absolute atomic E-state index is 11.4. The molecule has 0 heterocycles. The SMILES string of the molecule is COC1CCCC(OC(=O)[C@@H](O)CCN)C1. The van der Waals surface area contributed by atoms with Crippen LogP contribution in [0.4, 0.5) is 0 Å². The zero-order valence-electron chi connectivity index (χ0n) is 9.72. The first-order valence-electron chi connectivity index (χ1n) is 5.78. The Morgan fingerprint density at radius 3 is 2.81 bits per heavy atom. The lowest BCUT2D eigenvalue weighted by atomic mass is 9.95. The van der Waals surface area contributed by atoms with E-state index in [9.17, 15) is 9.90 Å². The molecule has 0 radical (unpaired) electrons. The van der Waals surface area contributed by atoms with Crippen LogP contribution in [0.25, 0.3) is 0 Å². The fraction of sp³-hybridized carbons (Fsp3) is 0.909. The Morgan fingerprint density at radius 1 is 1.50 bits per heavy atom. The van der Waals surface area contributed by atoms with Crippen molar-refractivity contribution in [2.75, 3.05) is 13.7 Å². The van der Waals surface area contributed by atoms with Gasteiger partial charge in [-0.05, 0) is 32.2 Å². The van der Waals surface area contributed by atoms with Gasteiger partial charge in [0, 0.05) is 13.5 Å². The molecule has 0 aromatic carbocycles. The second kappa shape index (κ2) is 6.83. The fourth-order valence-corrected chi connectivity index (χ4v) is 1.94. The van der Waals surface area contributed by atoms with Crippen LogP contribution in [0.1, 0.15) is 32.1 Å². The molecule has 1 aliphatic carbocycles. The molecule has 16 heavy (non-hydrogen) atoms. The Labute approximate surface area is 95.9 Å². The Bertz CT molecular complexity index is 222. The standard InChI is InChI=1S/C11H21NO4/c1-15-8-3-2-4-9(7-8)16-11(14)10(13)5-6-12/h8-10,13H,2-7,12H2,1H3/t8?,9?,10-/m0/s1. The van der Waals surface area contributed by atoms with Gasteiger partial charge in [0.05, 0.1) is 6.10 Å². The molecule has 3 atom stereocenters. The summed E-state index contributed by atoms with van der Waals surface area (Å²) < 4.78 is 10.5. The van der Waals surface area contributed by atoms with Crippen molar-refractivity contribution >= 4 is 5.97 Å². The quantitative estimate of drug-likeness (QED) is 0.660. The van der Waals surface area contributed by atoms with Crippen molar-refractivity contribution in [2.45, 2.75) is 50.4 Å². The number of aliphatic hydroxyl groups excluding tert-OH is 1. The Hall–Kier alpha value is -0.650. The van der Waals surface area contributed by atoms with Crippen molar-refractivity contribution in [3.63, 3.8) is 0 Å². The Kier molecular flexibility index (Phi) is 5.73. The molecule has 0 amide bonds. The molecule has 2 unspecified atom stereocenters. The van der Waals surface area contributed by atoms with Gasteiger partial charge in [-0.15, -0.1) is 0 Å². The number of hydrogen-bond donors (Lipinski definition) is 2. The molecule has 1 aliphatic rings. The van der Waals surface area contributed by atoms with Crippen LogP contribution in [-0.2, 0) is 14.3 Å². The first kappa shape index (κ1) is 13.4. The van der Waals surface area contributed by atoms with Gasteiger partial charge in [0.15, 0.2) is 6.10 Å². The predicted octanol–water partition coefficient (Wildman–Crippen LogP) is 0.197. The van der Waals surface area contributed by atoms with Crippen LogP contribution in [0, 0.1) is 0 Å². The first-order valence-corrected chi connectivity index (χ1v) is 5.78. The first-order chi connectivity index (χ1) is 7.67. The second-order valence-electron chi connectivity index (χ2n) is 4.18. The summed E-state index contributed by atoms with van der Waals surface area (Å²) in [5, 5.41) is 9.39. The summed E-state index contributed by atoms with van der Waals surface area (Å²) in [6, 6.07) is 0. The van der Waals surface area contributed by atoms with Crippen LogP contribution < -0.4 is 5.73 Å². The lowest BCUT2D eigenvalue weighted by molar-refractivity contribution is -0.162. The highest BCUT2D eigenvalue weighted by atomic mass is 16.6. The van der Waals surface area contributed by atoms with Gasteiger partial charge in [-0.3, -0.25) is 0 Å². The number of aliphatic hydroxyl groups is 1. The summed E-state index contributed by atoms with van der Waals surface area (Å²) in [6.07, 6.45) is 2.77. The lowest BCUT2D eigenvalue weighted by Gasteiger charge is -2.28. The molecule has 0 aromatic heterocycles. The molecule has 0 spiro atoms. The van der Waals surface area contributed by atoms with Crippen molar-refractivity contribution in [1.29, 1.82) is 0 Å². The number of methoxy groups -OCH3 is 1. The molecule has 3 N–H and O–H groups in total. The highest BCUT2D eigenvalue weighted by Gasteiger charge is 2.26. The maximum atomic E-state index is 11.4. The van der Waals surface area contributed by atoms with Gasteiger partial charge >= 0.3 is 5.97 Å². The van der Waals surface area contributed by atoms with E-state index in [1.807, 2.05) is 0 Å². The van der Waals surface area contributed by atoms with Gasteiger partial charge in [0.1, 0.15) is 6.10 Å². The number of hydrogen-bond acceptors (Lipinski definition) is 5. The van der Waals surface area contributed by atoms with Crippen LogP contribution in [-0.4, -0.2) is 43.0 Å². The molecule has 5 heteroatoms. The van der Waals surface area contributed by atoms with Crippen LogP contribution in [0.15, 0.2) is 0 Å². The summed E-state index contributed by atoms with van der Waals surface area (Å²) >= 11 is 0. The highest BCUT2D eigenvalue weighted by Crippen LogP contribution is 2.23. The zero-order chi connectivity index (χ0) is 12.0. The highest BCUT2D eigenvalue weighted by molar-refractivity contribution is 5.74. The molecule has 5 nitrogen and oxygen atoms in total. The van der Waals surface area contributed by atoms with Gasteiger partial charge in [-0.1, -0.05) is 0 Å². The van der Waals surface area contributed by atoms with Crippen molar-refractivity contribution < 1.29 is 19.4 Å². The minimum absolute atomic E-state index is 0.126. The van der Waals surface area contributed by atoms with E-state index in [1.54, 1.807) is 7.11 Å². The third kappa shape index (κ3) is 4.08. The molecule has 1 rings (SSSR count). The largest absolute Gasteiger partial charge is 0.460 e. The smallest absolute Gasteiger partial charge is 0.335 e.